The van der Waals surface area contributed by atoms with Crippen molar-refractivity contribution < 1.29 is 91.1 Å². The van der Waals surface area contributed by atoms with E-state index in [1.54, 1.807) is 41.7 Å². The van der Waals surface area contributed by atoms with Crippen LogP contribution in [0.5, 0.6) is 23.0 Å². The number of Topliss-reactive ketones (excluding diaryl/α,β-unsaturated/α-hetero) is 3. The van der Waals surface area contributed by atoms with Crippen molar-refractivity contribution in [1.82, 2.24) is 4.90 Å². The van der Waals surface area contributed by atoms with Crippen LogP contribution >= 0.6 is 79.1 Å². The first-order valence-corrected chi connectivity index (χ1v) is 26.5. The second kappa shape index (κ2) is 33.7. The zero-order valence-corrected chi connectivity index (χ0v) is 49.4. The van der Waals surface area contributed by atoms with Crippen LogP contribution in [-0.4, -0.2) is 86.8 Å². The maximum atomic E-state index is 13.0. The fourth-order valence-corrected chi connectivity index (χ4v) is 7.40. The van der Waals surface area contributed by atoms with Crippen LogP contribution in [0.3, 0.4) is 0 Å². The molecule has 22 heteroatoms. The van der Waals surface area contributed by atoms with Crippen LogP contribution in [0.2, 0.25) is 0 Å². The van der Waals surface area contributed by atoms with E-state index in [2.05, 4.69) is 98.6 Å². The average Bonchev–Trinajstić information content (AvgIpc) is 3.72. The Bertz CT molecular complexity index is 2560. The second-order valence-corrected chi connectivity index (χ2v) is 28.4. The van der Waals surface area contributed by atoms with Gasteiger partial charge in [0.15, 0.2) is 52.3 Å². The number of alkyl halides is 9. The van der Waals surface area contributed by atoms with Gasteiger partial charge in [-0.1, -0.05) is 130 Å². The molecule has 0 bridgehead atoms. The molecule has 4 aromatic carbocycles. The highest BCUT2D eigenvalue weighted by Gasteiger charge is 2.35. The number of aliphatic hydroxyl groups is 1. The van der Waals surface area contributed by atoms with Gasteiger partial charge in [0.2, 0.25) is 5.51 Å². The minimum absolute atomic E-state index is 0. The van der Waals surface area contributed by atoms with Gasteiger partial charge in [-0.05, 0) is 76.0 Å². The predicted molar refractivity (Wildman–Crippen MR) is 296 cm³/mol. The lowest BCUT2D eigenvalue weighted by molar-refractivity contribution is -0.694. The number of aryl methyl sites for hydroxylation is 1. The molecule has 0 fully saturated rings. The van der Waals surface area contributed by atoms with Crippen molar-refractivity contribution in [2.24, 2.45) is 0 Å². The summed E-state index contributed by atoms with van der Waals surface area (Å²) >= 11 is 8.97. The van der Waals surface area contributed by atoms with Crippen molar-refractivity contribution in [3.8, 4) is 23.0 Å². The van der Waals surface area contributed by atoms with Gasteiger partial charge in [0.1, 0.15) is 32.4 Å². The van der Waals surface area contributed by atoms with Crippen molar-refractivity contribution in [3.05, 3.63) is 134 Å². The number of ether oxygens (including phenoxy) is 4. The van der Waals surface area contributed by atoms with Gasteiger partial charge in [0.05, 0.1) is 16.0 Å². The molecule has 5 aromatic rings. The van der Waals surface area contributed by atoms with Crippen LogP contribution in [0.1, 0.15) is 110 Å². The number of carbonyl (C=O) groups is 4. The highest BCUT2D eigenvalue weighted by Crippen LogP contribution is 2.38. The normalized spacial score (nSPS) is 12.2. The molecule has 0 radical (unpaired) electrons. The third-order valence-electron chi connectivity index (χ3n) is 10.3. The number of carbonyl (C=O) groups excluding carboxylic acids is 4. The number of rotatable bonds is 14. The van der Waals surface area contributed by atoms with Gasteiger partial charge in [-0.2, -0.15) is 30.9 Å². The molecule has 0 amide bonds. The standard InChI is InChI=1S/C19H15F3O4.C13H17NO3.C8H5F3O.C8H14NOS.C3H5I3.CH4.BrH/c20-19(21,22)14-4-2-1-3-13(14)16(24)7-6-15(23)12-5-8-17-18(11-12)26-10-9-25-17;1-14(2)6-5-11(15)10-3-4-12-13(9-10)17-8-7-16-12;9-8(10,11)7-4-2-1-3-6(7)5-12;1-3-9-6-11-8(4-5-10)7(9)2;1-2-3(4,5)6;;/h1-5,8,11H,6-7,9-10H2;3-4,9H,5-8H2,1-2H3;1-5H;6,10H,3-5H2,1-2H3;2H2,1H3;1H4;1H/q;;;+1;;;/p-1. The van der Waals surface area contributed by atoms with Crippen LogP contribution in [0.25, 0.3) is 0 Å². The molecule has 74 heavy (non-hydrogen) atoms. The van der Waals surface area contributed by atoms with Crippen molar-refractivity contribution in [2.45, 2.75) is 78.6 Å². The number of hydrogen-bond acceptors (Lipinski definition) is 11. The predicted octanol–water partition coefficient (Wildman–Crippen LogP) is 10.3. The summed E-state index contributed by atoms with van der Waals surface area (Å²) in [5, 5.41) is 8.72. The summed E-state index contributed by atoms with van der Waals surface area (Å²) in [6.07, 6.45) is -6.82. The van der Waals surface area contributed by atoms with Gasteiger partial charge < -0.3 is 45.9 Å². The summed E-state index contributed by atoms with van der Waals surface area (Å²) in [7, 11) is 3.91. The summed E-state index contributed by atoms with van der Waals surface area (Å²) in [5.74, 6) is 1.44. The third-order valence-corrected chi connectivity index (χ3v) is 13.7. The lowest BCUT2D eigenvalue weighted by Crippen LogP contribution is -3.00. The molecule has 11 nitrogen and oxygen atoms in total. The molecule has 0 saturated heterocycles. The van der Waals surface area contributed by atoms with Crippen LogP contribution in [0, 0.1) is 6.92 Å². The minimum atomic E-state index is -4.62. The molecule has 0 spiro atoms. The fourth-order valence-electron chi connectivity index (χ4n) is 6.35. The van der Waals surface area contributed by atoms with Crippen LogP contribution < -0.4 is 40.5 Å². The fraction of sp³-hybridized carbons (Fsp3) is 0.404. The Morgan fingerprint density at radius 1 is 0.703 bits per heavy atom. The zero-order chi connectivity index (χ0) is 53.6. The average molecular weight is 1460 g/mol. The number of nitrogens with zero attached hydrogens (tertiary/aromatic N) is 2. The number of halogens is 10. The Morgan fingerprint density at radius 3 is 1.57 bits per heavy atom. The number of benzene rings is 4. The molecule has 408 valence electrons. The topological polar surface area (TPSA) is 133 Å². The number of aliphatic hydroxyl groups excluding tert-OH is 1. The van der Waals surface area contributed by atoms with E-state index in [-0.39, 0.29) is 67.3 Å². The Kier molecular flexibility index (Phi) is 31.2. The van der Waals surface area contributed by atoms with E-state index >= 15 is 0 Å². The molecule has 0 aliphatic carbocycles. The number of fused-ring (bicyclic) bond motifs is 2. The highest BCUT2D eigenvalue weighted by molar-refractivity contribution is 14.3. The lowest BCUT2D eigenvalue weighted by Gasteiger charge is -2.18. The van der Waals surface area contributed by atoms with Crippen molar-refractivity contribution in [2.75, 3.05) is 53.7 Å². The molecule has 7 rings (SSSR count). The van der Waals surface area contributed by atoms with E-state index in [9.17, 15) is 45.5 Å². The van der Waals surface area contributed by atoms with E-state index in [4.69, 9.17) is 24.1 Å². The second-order valence-electron chi connectivity index (χ2n) is 15.7. The van der Waals surface area contributed by atoms with Crippen LogP contribution in [0.15, 0.2) is 90.4 Å². The molecule has 3 heterocycles. The number of aromatic nitrogens is 1. The lowest BCUT2D eigenvalue weighted by atomic mass is 9.97. The summed E-state index contributed by atoms with van der Waals surface area (Å²) in [6, 6.07) is 19.3. The maximum Gasteiger partial charge on any atom is 0.417 e. The summed E-state index contributed by atoms with van der Waals surface area (Å²) in [5.41, 5.74) is 1.80. The van der Waals surface area contributed by atoms with Crippen LogP contribution in [0.4, 0.5) is 26.3 Å². The zero-order valence-electron chi connectivity index (χ0n) is 40.5. The molecule has 1 aromatic heterocycles. The number of ketones is 3. The quantitative estimate of drug-likeness (QED) is 0.0286. The van der Waals surface area contributed by atoms with Gasteiger partial charge in [-0.15, -0.1) is 0 Å². The first kappa shape index (κ1) is 68.6. The van der Waals surface area contributed by atoms with Gasteiger partial charge in [-0.3, -0.25) is 19.2 Å². The van der Waals surface area contributed by atoms with E-state index < -0.39 is 34.8 Å². The van der Waals surface area contributed by atoms with E-state index in [0.717, 1.165) is 49.5 Å². The van der Waals surface area contributed by atoms with Gasteiger partial charge in [0, 0.05) is 68.0 Å². The maximum absolute atomic E-state index is 13.0. The molecule has 0 atom stereocenters. The summed E-state index contributed by atoms with van der Waals surface area (Å²) in [6.45, 7) is 10.4. The molecule has 0 unspecified atom stereocenters. The number of aldehydes is 1. The third kappa shape index (κ3) is 23.4. The summed E-state index contributed by atoms with van der Waals surface area (Å²) in [4.78, 5) is 49.8. The number of hydrogen-bond donors (Lipinski definition) is 1. The van der Waals surface area contributed by atoms with Crippen LogP contribution in [-0.2, 0) is 25.3 Å². The Labute approximate surface area is 484 Å². The van der Waals surface area contributed by atoms with E-state index in [1.807, 2.05) is 19.0 Å². The van der Waals surface area contributed by atoms with Crippen molar-refractivity contribution >= 4 is 103 Å². The Hall–Kier alpha value is -3.44. The Balaban J connectivity index is 0.000000496. The van der Waals surface area contributed by atoms with Crippen molar-refractivity contribution in [3.63, 3.8) is 0 Å². The molecular formula is C52H60BrF6I3N2O9S. The number of thiazole rings is 1. The molecule has 2 aliphatic heterocycles. The minimum Gasteiger partial charge on any atom is -1.00 e. The first-order valence-electron chi connectivity index (χ1n) is 22.4. The molecular weight excluding hydrogens is 1400 g/mol. The van der Waals surface area contributed by atoms with Crippen molar-refractivity contribution in [1.29, 1.82) is 0 Å². The van der Waals surface area contributed by atoms with Gasteiger partial charge in [-0.25, -0.2) is 0 Å². The SMILES string of the molecule is C.CCC(I)(I)I.CC[n+]1csc(CCO)c1C.CN(C)CCC(=O)c1ccc2c(c1)OCCO2.O=C(CCC(=O)c1ccccc1C(F)(F)F)c1ccc2c(c1)OCCO2.O=Cc1ccccc1C(F)(F)F.[Br-]. The molecule has 1 N–H and O–H groups in total. The smallest absolute Gasteiger partial charge is 0.417 e. The largest absolute Gasteiger partial charge is 1.00 e. The van der Waals surface area contributed by atoms with Gasteiger partial charge >= 0.3 is 12.4 Å². The highest BCUT2D eigenvalue weighted by atomic mass is 127. The first-order chi connectivity index (χ1) is 33.9. The molecule has 2 aliphatic rings. The Morgan fingerprint density at radius 2 is 1.15 bits per heavy atom. The van der Waals surface area contributed by atoms with E-state index in [1.165, 1.54) is 47.3 Å². The van der Waals surface area contributed by atoms with E-state index in [0.29, 0.717) is 60.7 Å². The van der Waals surface area contributed by atoms with Gasteiger partial charge in [0.25, 0.3) is 0 Å². The molecule has 0 saturated carbocycles. The summed E-state index contributed by atoms with van der Waals surface area (Å²) < 4.78 is 99.5. The monoisotopic (exact) mass is 1460 g/mol.